The fourth-order valence-electron chi connectivity index (χ4n) is 3.78. The molecule has 1 aromatic carbocycles. The van der Waals surface area contributed by atoms with Crippen LogP contribution >= 0.6 is 11.8 Å². The lowest BCUT2D eigenvalue weighted by Gasteiger charge is -2.34. The van der Waals surface area contributed by atoms with E-state index >= 15 is 0 Å². The predicted octanol–water partition coefficient (Wildman–Crippen LogP) is 2.90. The second-order valence-corrected chi connectivity index (χ2v) is 7.84. The number of hydrogen-bond donors (Lipinski definition) is 0. The highest BCUT2D eigenvalue weighted by atomic mass is 32.2. The number of rotatable bonds is 5. The maximum absolute atomic E-state index is 12.9. The number of carbonyl (C=O) groups is 2. The molecule has 2 heterocycles. The van der Waals surface area contributed by atoms with Crippen LogP contribution in [0.5, 0.6) is 0 Å². The highest BCUT2D eigenvalue weighted by Gasteiger charge is 2.26. The maximum Gasteiger partial charge on any atom is 0.254 e. The molecule has 0 aliphatic carbocycles. The summed E-state index contributed by atoms with van der Waals surface area (Å²) in [6, 6.07) is 7.81. The Morgan fingerprint density at radius 3 is 2.69 bits per heavy atom. The Morgan fingerprint density at radius 2 is 1.92 bits per heavy atom. The van der Waals surface area contributed by atoms with Gasteiger partial charge in [0, 0.05) is 37.5 Å². The van der Waals surface area contributed by atoms with Crippen molar-refractivity contribution in [3.63, 3.8) is 0 Å². The molecule has 0 N–H and O–H groups in total. The first-order chi connectivity index (χ1) is 12.7. The average Bonchev–Trinajstić information content (AvgIpc) is 2.72. The molecule has 0 aromatic heterocycles. The zero-order valence-electron chi connectivity index (χ0n) is 15.5. The Hall–Kier alpha value is -1.53. The molecule has 3 rings (SSSR count). The monoisotopic (exact) mass is 376 g/mol. The van der Waals surface area contributed by atoms with Crippen molar-refractivity contribution in [2.24, 2.45) is 5.92 Å². The molecule has 26 heavy (non-hydrogen) atoms. The van der Waals surface area contributed by atoms with Gasteiger partial charge in [0.1, 0.15) is 0 Å². The van der Waals surface area contributed by atoms with Gasteiger partial charge in [-0.3, -0.25) is 9.59 Å². The van der Waals surface area contributed by atoms with Crippen LogP contribution in [0.3, 0.4) is 0 Å². The van der Waals surface area contributed by atoms with Crippen LogP contribution in [0.4, 0.5) is 0 Å². The number of nitrogens with zero attached hydrogens (tertiary/aromatic N) is 2. The normalized spacial score (nSPS) is 20.9. The first-order valence-corrected chi connectivity index (χ1v) is 10.7. The van der Waals surface area contributed by atoms with E-state index in [0.717, 1.165) is 42.8 Å². The lowest BCUT2D eigenvalue weighted by atomic mass is 9.92. The zero-order valence-corrected chi connectivity index (χ0v) is 16.3. The van der Waals surface area contributed by atoms with E-state index in [-0.39, 0.29) is 11.8 Å². The number of benzene rings is 1. The Balaban J connectivity index is 1.53. The van der Waals surface area contributed by atoms with Gasteiger partial charge in [-0.1, -0.05) is 12.1 Å². The van der Waals surface area contributed by atoms with Gasteiger partial charge in [-0.05, 0) is 43.6 Å². The largest absolute Gasteiger partial charge is 0.378 e. The van der Waals surface area contributed by atoms with Crippen molar-refractivity contribution < 1.29 is 14.3 Å². The molecule has 6 heteroatoms. The fraction of sp³-hybridized carbons (Fsp3) is 0.600. The van der Waals surface area contributed by atoms with Gasteiger partial charge in [0.2, 0.25) is 5.91 Å². The minimum Gasteiger partial charge on any atom is -0.378 e. The summed E-state index contributed by atoms with van der Waals surface area (Å²) in [4.78, 5) is 30.2. The van der Waals surface area contributed by atoms with E-state index in [1.54, 1.807) is 11.8 Å². The number of hydrogen-bond acceptors (Lipinski definition) is 4. The van der Waals surface area contributed by atoms with Crippen molar-refractivity contribution in [1.82, 2.24) is 9.80 Å². The van der Waals surface area contributed by atoms with Crippen LogP contribution in [0, 0.1) is 5.92 Å². The summed E-state index contributed by atoms with van der Waals surface area (Å²) >= 11 is 1.61. The molecule has 2 aliphatic heterocycles. The highest BCUT2D eigenvalue weighted by Crippen LogP contribution is 2.26. The summed E-state index contributed by atoms with van der Waals surface area (Å²) in [6.07, 6.45) is 5.56. The maximum atomic E-state index is 12.9. The quantitative estimate of drug-likeness (QED) is 0.742. The van der Waals surface area contributed by atoms with Crippen LogP contribution in [0.15, 0.2) is 29.2 Å². The minimum absolute atomic E-state index is 0.124. The predicted molar refractivity (Wildman–Crippen MR) is 103 cm³/mol. The second kappa shape index (κ2) is 9.42. The molecule has 0 unspecified atom stereocenters. The van der Waals surface area contributed by atoms with Gasteiger partial charge in [0.15, 0.2) is 0 Å². The summed E-state index contributed by atoms with van der Waals surface area (Å²) in [5.74, 6) is 0.766. The third-order valence-electron chi connectivity index (χ3n) is 5.27. The Kier molecular flexibility index (Phi) is 6.97. The number of ether oxygens (including phenoxy) is 1. The average molecular weight is 377 g/mol. The van der Waals surface area contributed by atoms with Crippen LogP contribution in [-0.4, -0.2) is 67.3 Å². The molecule has 0 bridgehead atoms. The summed E-state index contributed by atoms with van der Waals surface area (Å²) in [5, 5.41) is 0. The molecule has 142 valence electrons. The lowest BCUT2D eigenvalue weighted by Crippen LogP contribution is -2.42. The van der Waals surface area contributed by atoms with Crippen molar-refractivity contribution in [3.8, 4) is 0 Å². The lowest BCUT2D eigenvalue weighted by molar-refractivity contribution is -0.135. The van der Waals surface area contributed by atoms with Gasteiger partial charge in [-0.15, -0.1) is 11.8 Å². The molecule has 5 nitrogen and oxygen atoms in total. The van der Waals surface area contributed by atoms with E-state index in [9.17, 15) is 9.59 Å². The van der Waals surface area contributed by atoms with E-state index in [0.29, 0.717) is 38.6 Å². The first kappa shape index (κ1) is 19.2. The Labute approximate surface area is 160 Å². The van der Waals surface area contributed by atoms with Gasteiger partial charge < -0.3 is 14.5 Å². The number of morpholine rings is 1. The van der Waals surface area contributed by atoms with E-state index in [4.69, 9.17) is 4.74 Å². The van der Waals surface area contributed by atoms with Crippen LogP contribution in [0.2, 0.25) is 0 Å². The van der Waals surface area contributed by atoms with Gasteiger partial charge in [-0.25, -0.2) is 0 Å². The summed E-state index contributed by atoms with van der Waals surface area (Å²) in [5.41, 5.74) is 0.796. The molecule has 2 saturated heterocycles. The van der Waals surface area contributed by atoms with Gasteiger partial charge in [0.25, 0.3) is 5.91 Å². The smallest absolute Gasteiger partial charge is 0.254 e. The zero-order chi connectivity index (χ0) is 18.4. The number of thioether (sulfide) groups is 1. The topological polar surface area (TPSA) is 49.9 Å². The molecular formula is C20H28N2O3S. The van der Waals surface area contributed by atoms with Crippen LogP contribution in [0.25, 0.3) is 0 Å². The van der Waals surface area contributed by atoms with Gasteiger partial charge in [-0.2, -0.15) is 0 Å². The number of likely N-dealkylation sites (tertiary alicyclic amines) is 1. The van der Waals surface area contributed by atoms with Crippen molar-refractivity contribution >= 4 is 23.6 Å². The van der Waals surface area contributed by atoms with Crippen molar-refractivity contribution in [3.05, 3.63) is 29.8 Å². The fourth-order valence-corrected chi connectivity index (χ4v) is 4.37. The number of carbonyl (C=O) groups excluding carboxylic acids is 2. The second-order valence-electron chi connectivity index (χ2n) is 6.99. The molecule has 0 saturated carbocycles. The van der Waals surface area contributed by atoms with Crippen molar-refractivity contribution in [1.29, 1.82) is 0 Å². The van der Waals surface area contributed by atoms with Crippen LogP contribution in [-0.2, 0) is 9.53 Å². The molecule has 0 spiro atoms. The van der Waals surface area contributed by atoms with Gasteiger partial charge in [0.05, 0.1) is 18.8 Å². The van der Waals surface area contributed by atoms with E-state index in [1.807, 2.05) is 40.3 Å². The van der Waals surface area contributed by atoms with Crippen molar-refractivity contribution in [2.45, 2.75) is 30.6 Å². The molecular weight excluding hydrogens is 348 g/mol. The van der Waals surface area contributed by atoms with E-state index < -0.39 is 0 Å². The van der Waals surface area contributed by atoms with Crippen LogP contribution in [0.1, 0.15) is 36.0 Å². The van der Waals surface area contributed by atoms with Crippen molar-refractivity contribution in [2.75, 3.05) is 45.6 Å². The SMILES string of the molecule is CSc1ccccc1C(=O)N1CCC[C@@H](CCC(=O)N2CCOCC2)C1. The molecule has 1 aromatic rings. The Bertz CT molecular complexity index is 631. The third kappa shape index (κ3) is 4.80. The highest BCUT2D eigenvalue weighted by molar-refractivity contribution is 7.98. The van der Waals surface area contributed by atoms with E-state index in [2.05, 4.69) is 0 Å². The third-order valence-corrected chi connectivity index (χ3v) is 6.07. The summed E-state index contributed by atoms with van der Waals surface area (Å²) in [7, 11) is 0. The molecule has 2 aliphatic rings. The van der Waals surface area contributed by atoms with Gasteiger partial charge >= 0.3 is 0 Å². The first-order valence-electron chi connectivity index (χ1n) is 9.47. The minimum atomic E-state index is 0.124. The standard InChI is InChI=1S/C20H28N2O3S/c1-26-18-7-3-2-6-17(18)20(24)22-10-4-5-16(15-22)8-9-19(23)21-11-13-25-14-12-21/h2-3,6-7,16H,4-5,8-15H2,1H3/t16-/m0/s1. The molecule has 1 atom stereocenters. The Morgan fingerprint density at radius 1 is 1.15 bits per heavy atom. The summed E-state index contributed by atoms with van der Waals surface area (Å²) in [6.45, 7) is 4.28. The van der Waals surface area contributed by atoms with Crippen LogP contribution < -0.4 is 0 Å². The molecule has 2 amide bonds. The number of amides is 2. The summed E-state index contributed by atoms with van der Waals surface area (Å²) < 4.78 is 5.31. The number of piperidine rings is 1. The molecule has 0 radical (unpaired) electrons. The van der Waals surface area contributed by atoms with E-state index in [1.165, 1.54) is 0 Å². The molecule has 2 fully saturated rings.